The number of nitrogens with one attached hydrogen (secondary N) is 1. The molecule has 2 heterocycles. The van der Waals surface area contributed by atoms with E-state index in [-0.39, 0.29) is 16.3 Å². The molecule has 0 fully saturated rings. The summed E-state index contributed by atoms with van der Waals surface area (Å²) in [5, 5.41) is 10.1. The van der Waals surface area contributed by atoms with Crippen molar-refractivity contribution in [1.82, 2.24) is 9.71 Å². The third-order valence-electron chi connectivity index (χ3n) is 2.53. The minimum absolute atomic E-state index is 0.00219. The van der Waals surface area contributed by atoms with Crippen LogP contribution in [0, 0.1) is 0 Å². The number of thiophene rings is 1. The maximum Gasteiger partial charge on any atom is 0.345 e. The van der Waals surface area contributed by atoms with E-state index in [9.17, 15) is 13.2 Å². The lowest BCUT2D eigenvalue weighted by molar-refractivity contribution is 0.0702. The average molecular weight is 312 g/mol. The highest BCUT2D eigenvalue weighted by Crippen LogP contribution is 2.19. The summed E-state index contributed by atoms with van der Waals surface area (Å²) in [7, 11) is -3.67. The Labute approximate surface area is 120 Å². The highest BCUT2D eigenvalue weighted by Gasteiger charge is 2.17. The van der Waals surface area contributed by atoms with E-state index in [2.05, 4.69) is 9.71 Å². The number of sulfonamides is 1. The largest absolute Gasteiger partial charge is 0.477 e. The van der Waals surface area contributed by atoms with Gasteiger partial charge in [0.05, 0.1) is 4.90 Å². The van der Waals surface area contributed by atoms with Crippen molar-refractivity contribution < 1.29 is 18.3 Å². The van der Waals surface area contributed by atoms with Gasteiger partial charge in [0.25, 0.3) is 0 Å². The number of aromatic nitrogens is 1. The van der Waals surface area contributed by atoms with E-state index in [1.54, 1.807) is 18.5 Å². The molecule has 0 aliphatic carbocycles. The number of aromatic carboxylic acids is 1. The Hall–Kier alpha value is -1.77. The fourth-order valence-electron chi connectivity index (χ4n) is 1.53. The van der Waals surface area contributed by atoms with Gasteiger partial charge in [-0.1, -0.05) is 6.07 Å². The maximum atomic E-state index is 11.9. The van der Waals surface area contributed by atoms with Crippen molar-refractivity contribution in [2.24, 2.45) is 0 Å². The first kappa shape index (κ1) is 14.6. The molecule has 2 N–H and O–H groups in total. The van der Waals surface area contributed by atoms with Crippen molar-refractivity contribution in [3.63, 3.8) is 0 Å². The molecule has 2 rings (SSSR count). The lowest BCUT2D eigenvalue weighted by Crippen LogP contribution is -2.25. The SMILES string of the molecule is O=C(O)c1cc(S(=O)(=O)NCCc2cccnc2)cs1. The van der Waals surface area contributed by atoms with Gasteiger partial charge in [0, 0.05) is 24.3 Å². The van der Waals surface area contributed by atoms with E-state index in [0.717, 1.165) is 23.0 Å². The smallest absolute Gasteiger partial charge is 0.345 e. The lowest BCUT2D eigenvalue weighted by Gasteiger charge is -2.04. The Morgan fingerprint density at radius 2 is 2.25 bits per heavy atom. The van der Waals surface area contributed by atoms with Crippen molar-refractivity contribution in [2.75, 3.05) is 6.54 Å². The molecule has 0 atom stereocenters. The van der Waals surface area contributed by atoms with Crippen LogP contribution in [0.25, 0.3) is 0 Å². The fourth-order valence-corrected chi connectivity index (χ4v) is 3.67. The van der Waals surface area contributed by atoms with Crippen LogP contribution in [0.4, 0.5) is 0 Å². The second-order valence-electron chi connectivity index (χ2n) is 3.96. The van der Waals surface area contributed by atoms with E-state index < -0.39 is 16.0 Å². The Morgan fingerprint density at radius 1 is 1.45 bits per heavy atom. The number of hydrogen-bond acceptors (Lipinski definition) is 5. The monoisotopic (exact) mass is 312 g/mol. The number of rotatable bonds is 6. The third kappa shape index (κ3) is 3.62. The van der Waals surface area contributed by atoms with Crippen molar-refractivity contribution in [3.05, 3.63) is 46.4 Å². The minimum Gasteiger partial charge on any atom is -0.477 e. The third-order valence-corrected chi connectivity index (χ3v) is 5.03. The predicted molar refractivity (Wildman–Crippen MR) is 74.4 cm³/mol. The number of pyridine rings is 1. The molecule has 0 aromatic carbocycles. The number of carbonyl (C=O) groups is 1. The van der Waals surface area contributed by atoms with Gasteiger partial charge in [-0.15, -0.1) is 11.3 Å². The van der Waals surface area contributed by atoms with Crippen LogP contribution in [0.3, 0.4) is 0 Å². The second-order valence-corrected chi connectivity index (χ2v) is 6.64. The molecule has 20 heavy (non-hydrogen) atoms. The molecular formula is C12H12N2O4S2. The standard InChI is InChI=1S/C12H12N2O4S2/c15-12(16)11-6-10(8-19-11)20(17,18)14-5-3-9-2-1-4-13-7-9/h1-2,4,6-8,14H,3,5H2,(H,15,16). The van der Waals surface area contributed by atoms with Crippen LogP contribution in [0.1, 0.15) is 15.2 Å². The fraction of sp³-hybridized carbons (Fsp3) is 0.167. The lowest BCUT2D eigenvalue weighted by atomic mass is 10.2. The van der Waals surface area contributed by atoms with Gasteiger partial charge < -0.3 is 5.11 Å². The van der Waals surface area contributed by atoms with E-state index in [1.807, 2.05) is 6.07 Å². The van der Waals surface area contributed by atoms with Crippen molar-refractivity contribution in [2.45, 2.75) is 11.3 Å². The molecule has 0 aliphatic rings. The zero-order valence-corrected chi connectivity index (χ0v) is 11.9. The van der Waals surface area contributed by atoms with E-state index in [1.165, 1.54) is 5.38 Å². The highest BCUT2D eigenvalue weighted by molar-refractivity contribution is 7.89. The molecule has 0 bridgehead atoms. The summed E-state index contributed by atoms with van der Waals surface area (Å²) in [6.07, 6.45) is 3.83. The van der Waals surface area contributed by atoms with Crippen LogP contribution in [0.15, 0.2) is 40.9 Å². The molecule has 0 saturated carbocycles. The second kappa shape index (κ2) is 6.12. The van der Waals surface area contributed by atoms with E-state index >= 15 is 0 Å². The van der Waals surface area contributed by atoms with Gasteiger partial charge in [0.2, 0.25) is 10.0 Å². The van der Waals surface area contributed by atoms with Gasteiger partial charge in [0.1, 0.15) is 4.88 Å². The summed E-state index contributed by atoms with van der Waals surface area (Å²) >= 11 is 0.886. The molecule has 0 unspecified atom stereocenters. The van der Waals surface area contributed by atoms with Crippen LogP contribution in [0.2, 0.25) is 0 Å². The Morgan fingerprint density at radius 3 is 2.85 bits per heavy atom. The first-order chi connectivity index (χ1) is 9.49. The molecule has 0 amide bonds. The van der Waals surface area contributed by atoms with Crippen molar-refractivity contribution >= 4 is 27.3 Å². The number of nitrogens with zero attached hydrogens (tertiary/aromatic N) is 1. The summed E-state index contributed by atoms with van der Waals surface area (Å²) in [5.41, 5.74) is 0.923. The topological polar surface area (TPSA) is 96.4 Å². The zero-order valence-electron chi connectivity index (χ0n) is 10.3. The van der Waals surface area contributed by atoms with Crippen molar-refractivity contribution in [3.8, 4) is 0 Å². The molecular weight excluding hydrogens is 300 g/mol. The summed E-state index contributed by atoms with van der Waals surface area (Å²) in [6, 6.07) is 4.79. The average Bonchev–Trinajstić information content (AvgIpc) is 2.90. The summed E-state index contributed by atoms with van der Waals surface area (Å²) in [4.78, 5) is 14.6. The summed E-state index contributed by atoms with van der Waals surface area (Å²) in [5.74, 6) is -1.13. The summed E-state index contributed by atoms with van der Waals surface area (Å²) in [6.45, 7) is 0.228. The Balaban J connectivity index is 1.98. The number of carboxylic acid groups (broad SMARTS) is 1. The van der Waals surface area contributed by atoms with Gasteiger partial charge in [0.15, 0.2) is 0 Å². The Kier molecular flexibility index (Phi) is 4.48. The van der Waals surface area contributed by atoms with Gasteiger partial charge in [-0.25, -0.2) is 17.9 Å². The normalized spacial score (nSPS) is 11.4. The number of carboxylic acids is 1. The van der Waals surface area contributed by atoms with Crippen LogP contribution in [-0.4, -0.2) is 31.0 Å². The van der Waals surface area contributed by atoms with Crippen LogP contribution in [0.5, 0.6) is 0 Å². The van der Waals surface area contributed by atoms with Crippen LogP contribution >= 0.6 is 11.3 Å². The predicted octanol–water partition coefficient (Wildman–Crippen LogP) is 1.36. The summed E-state index contributed by atoms with van der Waals surface area (Å²) < 4.78 is 26.3. The Bertz CT molecular complexity index is 695. The first-order valence-electron chi connectivity index (χ1n) is 5.69. The van der Waals surface area contributed by atoms with Gasteiger partial charge in [-0.3, -0.25) is 4.98 Å². The van der Waals surface area contributed by atoms with E-state index in [0.29, 0.717) is 6.42 Å². The molecule has 2 aromatic rings. The van der Waals surface area contributed by atoms with Crippen molar-refractivity contribution in [1.29, 1.82) is 0 Å². The van der Waals surface area contributed by atoms with Gasteiger partial charge in [-0.05, 0) is 24.1 Å². The number of hydrogen-bond donors (Lipinski definition) is 2. The molecule has 106 valence electrons. The van der Waals surface area contributed by atoms with Gasteiger partial charge in [-0.2, -0.15) is 0 Å². The van der Waals surface area contributed by atoms with Gasteiger partial charge >= 0.3 is 5.97 Å². The first-order valence-corrected chi connectivity index (χ1v) is 8.06. The molecule has 0 spiro atoms. The van der Waals surface area contributed by atoms with Crippen LogP contribution < -0.4 is 4.72 Å². The minimum atomic E-state index is -3.67. The molecule has 8 heteroatoms. The van der Waals surface area contributed by atoms with Crippen LogP contribution in [-0.2, 0) is 16.4 Å². The highest BCUT2D eigenvalue weighted by atomic mass is 32.2. The molecule has 0 saturated heterocycles. The zero-order chi connectivity index (χ0) is 14.6. The quantitative estimate of drug-likeness (QED) is 0.839. The molecule has 2 aromatic heterocycles. The van der Waals surface area contributed by atoms with E-state index in [4.69, 9.17) is 5.11 Å². The molecule has 0 radical (unpaired) electrons. The maximum absolute atomic E-state index is 11.9. The molecule has 6 nitrogen and oxygen atoms in total. The molecule has 0 aliphatic heterocycles.